The SMILES string of the molecule is CCCC(C)(C)C1CCCC(CO[SiH3])C1(C)C. The highest BCUT2D eigenvalue weighted by molar-refractivity contribution is 5.97. The average molecular weight is 257 g/mol. The van der Waals surface area contributed by atoms with Gasteiger partial charge in [0.25, 0.3) is 0 Å². The van der Waals surface area contributed by atoms with Crippen molar-refractivity contribution in [1.82, 2.24) is 0 Å². The van der Waals surface area contributed by atoms with Crippen LogP contribution in [0.4, 0.5) is 0 Å². The monoisotopic (exact) mass is 256 g/mol. The molecule has 1 aliphatic carbocycles. The van der Waals surface area contributed by atoms with Gasteiger partial charge in [-0.3, -0.25) is 0 Å². The molecule has 2 unspecified atom stereocenters. The fourth-order valence-electron chi connectivity index (χ4n) is 4.31. The lowest BCUT2D eigenvalue weighted by Crippen LogP contribution is -2.45. The maximum absolute atomic E-state index is 5.58. The van der Waals surface area contributed by atoms with E-state index < -0.39 is 0 Å². The summed E-state index contributed by atoms with van der Waals surface area (Å²) in [6.07, 6.45) is 6.85. The normalized spacial score (nSPS) is 29.5. The molecule has 0 aromatic rings. The average Bonchev–Trinajstić information content (AvgIpc) is 2.20. The van der Waals surface area contributed by atoms with Crippen LogP contribution in [-0.2, 0) is 4.43 Å². The van der Waals surface area contributed by atoms with Gasteiger partial charge in [-0.2, -0.15) is 0 Å². The summed E-state index contributed by atoms with van der Waals surface area (Å²) in [5.74, 6) is 1.63. The van der Waals surface area contributed by atoms with Crippen LogP contribution < -0.4 is 0 Å². The molecule has 1 saturated carbocycles. The Labute approximate surface area is 111 Å². The summed E-state index contributed by atoms with van der Waals surface area (Å²) in [7, 11) is 0.886. The molecule has 17 heavy (non-hydrogen) atoms. The predicted octanol–water partition coefficient (Wildman–Crippen LogP) is 3.55. The highest BCUT2D eigenvalue weighted by atomic mass is 28.2. The fourth-order valence-corrected chi connectivity index (χ4v) is 4.71. The first kappa shape index (κ1) is 15.2. The molecule has 0 heterocycles. The van der Waals surface area contributed by atoms with E-state index in [9.17, 15) is 0 Å². The summed E-state index contributed by atoms with van der Waals surface area (Å²) >= 11 is 0. The van der Waals surface area contributed by atoms with Gasteiger partial charge in [-0.25, -0.2) is 0 Å². The van der Waals surface area contributed by atoms with Gasteiger partial charge < -0.3 is 4.43 Å². The van der Waals surface area contributed by atoms with Crippen LogP contribution in [0.3, 0.4) is 0 Å². The lowest BCUT2D eigenvalue weighted by Gasteiger charge is -2.52. The molecule has 0 aromatic heterocycles. The van der Waals surface area contributed by atoms with Crippen molar-refractivity contribution >= 4 is 10.5 Å². The molecular weight excluding hydrogens is 224 g/mol. The van der Waals surface area contributed by atoms with E-state index in [1.54, 1.807) is 0 Å². The second-order valence-corrected chi connectivity index (χ2v) is 7.77. The maximum atomic E-state index is 5.58. The maximum Gasteiger partial charge on any atom is 0.145 e. The van der Waals surface area contributed by atoms with Gasteiger partial charge in [0.2, 0.25) is 0 Å². The van der Waals surface area contributed by atoms with Crippen molar-refractivity contribution in [2.45, 2.75) is 66.7 Å². The molecule has 0 aliphatic heterocycles. The van der Waals surface area contributed by atoms with Crippen molar-refractivity contribution in [3.8, 4) is 0 Å². The zero-order valence-corrected chi connectivity index (χ0v) is 14.8. The Bertz CT molecular complexity index is 233. The van der Waals surface area contributed by atoms with Gasteiger partial charge in [-0.05, 0) is 41.9 Å². The standard InChI is InChI=1S/C15H32OSi/c1-6-10-14(2,3)13-9-7-8-12(11-16-17)15(13,4)5/h12-13H,6-11H2,1-5,17H3. The first-order chi connectivity index (χ1) is 7.86. The molecule has 1 rings (SSSR count). The Kier molecular flexibility index (Phi) is 5.27. The number of hydrogen-bond acceptors (Lipinski definition) is 1. The van der Waals surface area contributed by atoms with E-state index in [2.05, 4.69) is 34.6 Å². The van der Waals surface area contributed by atoms with Gasteiger partial charge in [-0.1, -0.05) is 47.5 Å². The topological polar surface area (TPSA) is 9.23 Å². The minimum atomic E-state index is 0.446. The Morgan fingerprint density at radius 3 is 2.47 bits per heavy atom. The van der Waals surface area contributed by atoms with Crippen molar-refractivity contribution < 1.29 is 4.43 Å². The molecule has 0 spiro atoms. The molecule has 0 N–H and O–H groups in total. The molecule has 1 nitrogen and oxygen atoms in total. The number of rotatable bonds is 5. The Balaban J connectivity index is 2.84. The van der Waals surface area contributed by atoms with E-state index in [0.29, 0.717) is 10.8 Å². The van der Waals surface area contributed by atoms with Crippen LogP contribution in [0.2, 0.25) is 0 Å². The molecule has 102 valence electrons. The first-order valence-corrected chi connectivity index (χ1v) is 8.16. The van der Waals surface area contributed by atoms with Crippen LogP contribution in [0.5, 0.6) is 0 Å². The van der Waals surface area contributed by atoms with Crippen molar-refractivity contribution in [2.75, 3.05) is 6.61 Å². The van der Waals surface area contributed by atoms with Crippen LogP contribution in [0.1, 0.15) is 66.7 Å². The Morgan fingerprint density at radius 2 is 1.94 bits per heavy atom. The molecule has 0 amide bonds. The highest BCUT2D eigenvalue weighted by Gasteiger charge is 2.46. The largest absolute Gasteiger partial charge is 0.428 e. The van der Waals surface area contributed by atoms with Crippen LogP contribution in [0, 0.1) is 22.7 Å². The van der Waals surface area contributed by atoms with Gasteiger partial charge >= 0.3 is 0 Å². The van der Waals surface area contributed by atoms with E-state index in [0.717, 1.165) is 28.9 Å². The van der Waals surface area contributed by atoms with Crippen molar-refractivity contribution in [2.24, 2.45) is 22.7 Å². The summed E-state index contributed by atoms with van der Waals surface area (Å²) in [6.45, 7) is 13.2. The molecule has 1 fully saturated rings. The molecule has 0 bridgehead atoms. The Hall–Kier alpha value is 0.177. The molecule has 0 aromatic carbocycles. The van der Waals surface area contributed by atoms with Crippen LogP contribution in [0.15, 0.2) is 0 Å². The molecular formula is C15H32OSi. The third-order valence-electron chi connectivity index (χ3n) is 5.20. The van der Waals surface area contributed by atoms with E-state index in [1.165, 1.54) is 32.1 Å². The number of hydrogen-bond donors (Lipinski definition) is 0. The van der Waals surface area contributed by atoms with Crippen molar-refractivity contribution in [3.63, 3.8) is 0 Å². The molecule has 0 radical (unpaired) electrons. The quantitative estimate of drug-likeness (QED) is 0.684. The van der Waals surface area contributed by atoms with Gasteiger partial charge in [0.05, 0.1) is 0 Å². The van der Waals surface area contributed by atoms with Crippen LogP contribution >= 0.6 is 0 Å². The van der Waals surface area contributed by atoms with E-state index >= 15 is 0 Å². The minimum Gasteiger partial charge on any atom is -0.428 e. The smallest absolute Gasteiger partial charge is 0.145 e. The molecule has 1 aliphatic rings. The van der Waals surface area contributed by atoms with E-state index in [-0.39, 0.29) is 0 Å². The van der Waals surface area contributed by atoms with Gasteiger partial charge in [0, 0.05) is 6.61 Å². The second kappa shape index (κ2) is 5.88. The molecule has 2 heteroatoms. The van der Waals surface area contributed by atoms with E-state index in [4.69, 9.17) is 4.43 Å². The second-order valence-electron chi connectivity index (χ2n) is 7.20. The lowest BCUT2D eigenvalue weighted by molar-refractivity contribution is -0.0371. The van der Waals surface area contributed by atoms with Gasteiger partial charge in [-0.15, -0.1) is 0 Å². The Morgan fingerprint density at radius 1 is 1.29 bits per heavy atom. The van der Waals surface area contributed by atoms with Gasteiger partial charge in [0.15, 0.2) is 0 Å². The lowest BCUT2D eigenvalue weighted by atomic mass is 9.54. The van der Waals surface area contributed by atoms with E-state index in [1.807, 2.05) is 0 Å². The third-order valence-corrected chi connectivity index (χ3v) is 5.53. The third kappa shape index (κ3) is 3.34. The predicted molar refractivity (Wildman–Crippen MR) is 79.2 cm³/mol. The van der Waals surface area contributed by atoms with Gasteiger partial charge in [0.1, 0.15) is 10.5 Å². The van der Waals surface area contributed by atoms with Crippen molar-refractivity contribution in [3.05, 3.63) is 0 Å². The summed E-state index contributed by atoms with van der Waals surface area (Å²) in [4.78, 5) is 0. The fraction of sp³-hybridized carbons (Fsp3) is 1.00. The highest BCUT2D eigenvalue weighted by Crippen LogP contribution is 2.53. The van der Waals surface area contributed by atoms with Crippen LogP contribution in [-0.4, -0.2) is 17.1 Å². The van der Waals surface area contributed by atoms with Crippen molar-refractivity contribution in [1.29, 1.82) is 0 Å². The molecule has 0 saturated heterocycles. The molecule has 2 atom stereocenters. The summed E-state index contributed by atoms with van der Waals surface area (Å²) < 4.78 is 5.58. The summed E-state index contributed by atoms with van der Waals surface area (Å²) in [6, 6.07) is 0. The minimum absolute atomic E-state index is 0.446. The zero-order chi connectivity index (χ0) is 13.1. The summed E-state index contributed by atoms with van der Waals surface area (Å²) in [5.41, 5.74) is 0.934. The zero-order valence-electron chi connectivity index (χ0n) is 12.8. The first-order valence-electron chi connectivity index (χ1n) is 7.35. The summed E-state index contributed by atoms with van der Waals surface area (Å²) in [5, 5.41) is 0. The van der Waals surface area contributed by atoms with Crippen LogP contribution in [0.25, 0.3) is 0 Å².